The molecule has 1 N–H and O–H groups in total. The molecule has 0 atom stereocenters. The van der Waals surface area contributed by atoms with E-state index in [-0.39, 0.29) is 11.7 Å². The van der Waals surface area contributed by atoms with Gasteiger partial charge in [-0.3, -0.25) is 4.79 Å². The van der Waals surface area contributed by atoms with Gasteiger partial charge in [-0.25, -0.2) is 10.4 Å². The second kappa shape index (κ2) is 12.3. The molecule has 3 aromatic carbocycles. The molecule has 0 bridgehead atoms. The van der Waals surface area contributed by atoms with E-state index in [1.54, 1.807) is 41.8 Å². The molecule has 0 aliphatic heterocycles. The van der Waals surface area contributed by atoms with E-state index in [1.165, 1.54) is 11.8 Å². The van der Waals surface area contributed by atoms with Crippen LogP contribution in [0.2, 0.25) is 10.0 Å². The summed E-state index contributed by atoms with van der Waals surface area (Å²) >= 11 is 15.0. The van der Waals surface area contributed by atoms with Crippen LogP contribution in [0.3, 0.4) is 0 Å². The van der Waals surface area contributed by atoms with Crippen LogP contribution in [0.1, 0.15) is 18.1 Å². The molecule has 4 rings (SSSR count). The lowest BCUT2D eigenvalue weighted by molar-refractivity contribution is -0.118. The van der Waals surface area contributed by atoms with Crippen molar-refractivity contribution in [3.8, 4) is 11.5 Å². The standard InChI is InChI=1S/C25H21Cl2N3O3S2/c1-2-32-22-12-16(8-10-21(22)33-14-17-7-9-18(26)19(27)11-17)13-28-30-24(31)15-34-25-29-20-5-3-4-6-23(20)35-25/h3-13H,2,14-15H2,1H3,(H,30,31)/b28-13-. The maximum atomic E-state index is 12.2. The molecule has 0 saturated carbocycles. The monoisotopic (exact) mass is 545 g/mol. The van der Waals surface area contributed by atoms with Crippen molar-refractivity contribution >= 4 is 68.6 Å². The average Bonchev–Trinajstić information content (AvgIpc) is 3.28. The van der Waals surface area contributed by atoms with Gasteiger partial charge in [0.15, 0.2) is 15.8 Å². The van der Waals surface area contributed by atoms with Gasteiger partial charge >= 0.3 is 0 Å². The summed E-state index contributed by atoms with van der Waals surface area (Å²) in [6.07, 6.45) is 1.56. The molecule has 0 aliphatic rings. The van der Waals surface area contributed by atoms with Gasteiger partial charge in [-0.15, -0.1) is 11.3 Å². The van der Waals surface area contributed by atoms with Gasteiger partial charge in [0.25, 0.3) is 5.91 Å². The number of thiazole rings is 1. The highest BCUT2D eigenvalue weighted by atomic mass is 35.5. The number of nitrogens with zero attached hydrogens (tertiary/aromatic N) is 2. The number of para-hydroxylation sites is 1. The van der Waals surface area contributed by atoms with Gasteiger partial charge in [0.05, 0.1) is 38.8 Å². The van der Waals surface area contributed by atoms with Crippen LogP contribution in [0.4, 0.5) is 0 Å². The Hall–Kier alpha value is -2.78. The third-order valence-electron chi connectivity index (χ3n) is 4.65. The summed E-state index contributed by atoms with van der Waals surface area (Å²) in [4.78, 5) is 16.7. The molecule has 10 heteroatoms. The lowest BCUT2D eigenvalue weighted by Crippen LogP contribution is -2.19. The van der Waals surface area contributed by atoms with Gasteiger partial charge in [0, 0.05) is 0 Å². The largest absolute Gasteiger partial charge is 0.490 e. The Morgan fingerprint density at radius 1 is 1.09 bits per heavy atom. The lowest BCUT2D eigenvalue weighted by atomic mass is 10.2. The van der Waals surface area contributed by atoms with E-state index in [2.05, 4.69) is 15.5 Å². The van der Waals surface area contributed by atoms with Crippen LogP contribution in [-0.4, -0.2) is 29.5 Å². The van der Waals surface area contributed by atoms with Gasteiger partial charge < -0.3 is 9.47 Å². The molecule has 35 heavy (non-hydrogen) atoms. The number of amides is 1. The molecule has 0 fully saturated rings. The van der Waals surface area contributed by atoms with Crippen molar-refractivity contribution in [3.63, 3.8) is 0 Å². The Kier molecular flexibility index (Phi) is 8.87. The first-order valence-corrected chi connectivity index (χ1v) is 13.2. The number of nitrogens with one attached hydrogen (secondary N) is 1. The van der Waals surface area contributed by atoms with Crippen LogP contribution >= 0.6 is 46.3 Å². The van der Waals surface area contributed by atoms with Crippen molar-refractivity contribution in [1.82, 2.24) is 10.4 Å². The summed E-state index contributed by atoms with van der Waals surface area (Å²) in [6.45, 7) is 2.68. The molecule has 6 nitrogen and oxygen atoms in total. The van der Waals surface area contributed by atoms with E-state index in [1.807, 2.05) is 43.3 Å². The summed E-state index contributed by atoms with van der Waals surface area (Å²) in [5.74, 6) is 1.18. The third kappa shape index (κ3) is 7.11. The normalized spacial score (nSPS) is 11.2. The zero-order chi connectivity index (χ0) is 24.6. The molecule has 0 spiro atoms. The van der Waals surface area contributed by atoms with E-state index in [0.29, 0.717) is 34.8 Å². The Morgan fingerprint density at radius 2 is 1.94 bits per heavy atom. The fourth-order valence-corrected chi connectivity index (χ4v) is 5.22. The molecule has 0 radical (unpaired) electrons. The number of ether oxygens (including phenoxy) is 2. The molecular formula is C25H21Cl2N3O3S2. The van der Waals surface area contributed by atoms with Gasteiger partial charge in [-0.1, -0.05) is 53.2 Å². The fourth-order valence-electron chi connectivity index (χ4n) is 3.03. The average molecular weight is 547 g/mol. The number of aromatic nitrogens is 1. The number of carbonyl (C=O) groups excluding carboxylic acids is 1. The van der Waals surface area contributed by atoms with Crippen LogP contribution in [0, 0.1) is 0 Å². The molecule has 1 heterocycles. The van der Waals surface area contributed by atoms with Gasteiger partial charge in [0.2, 0.25) is 0 Å². The number of thioether (sulfide) groups is 1. The van der Waals surface area contributed by atoms with Crippen LogP contribution in [0.5, 0.6) is 11.5 Å². The minimum atomic E-state index is -0.211. The van der Waals surface area contributed by atoms with Crippen molar-refractivity contribution in [2.75, 3.05) is 12.4 Å². The maximum Gasteiger partial charge on any atom is 0.250 e. The number of hydrazone groups is 1. The first kappa shape index (κ1) is 25.3. The van der Waals surface area contributed by atoms with Crippen LogP contribution in [-0.2, 0) is 11.4 Å². The molecular weight excluding hydrogens is 525 g/mol. The molecule has 180 valence electrons. The first-order chi connectivity index (χ1) is 17.0. The minimum Gasteiger partial charge on any atom is -0.490 e. The Labute approximate surface area is 221 Å². The zero-order valence-corrected chi connectivity index (χ0v) is 21.8. The van der Waals surface area contributed by atoms with Crippen molar-refractivity contribution in [2.45, 2.75) is 17.9 Å². The van der Waals surface area contributed by atoms with Crippen molar-refractivity contribution in [3.05, 3.63) is 81.8 Å². The van der Waals surface area contributed by atoms with Crippen LogP contribution in [0.25, 0.3) is 10.2 Å². The Morgan fingerprint density at radius 3 is 2.74 bits per heavy atom. The van der Waals surface area contributed by atoms with Crippen LogP contribution < -0.4 is 14.9 Å². The predicted octanol–water partition coefficient (Wildman–Crippen LogP) is 6.82. The number of halogens is 2. The quantitative estimate of drug-likeness (QED) is 0.134. The predicted molar refractivity (Wildman–Crippen MR) is 144 cm³/mol. The smallest absolute Gasteiger partial charge is 0.250 e. The molecule has 1 amide bonds. The summed E-state index contributed by atoms with van der Waals surface area (Å²) in [6, 6.07) is 18.7. The van der Waals surface area contributed by atoms with E-state index < -0.39 is 0 Å². The number of rotatable bonds is 10. The van der Waals surface area contributed by atoms with E-state index >= 15 is 0 Å². The number of carbonyl (C=O) groups is 1. The second-order valence-electron chi connectivity index (χ2n) is 7.21. The SMILES string of the molecule is CCOc1cc(/C=N\NC(=O)CSc2nc3ccccc3s2)ccc1OCc1ccc(Cl)c(Cl)c1. The number of benzene rings is 3. The minimum absolute atomic E-state index is 0.211. The fraction of sp³-hybridized carbons (Fsp3) is 0.160. The number of hydrogen-bond donors (Lipinski definition) is 1. The highest BCUT2D eigenvalue weighted by Gasteiger charge is 2.09. The molecule has 4 aromatic rings. The molecule has 0 saturated heterocycles. The van der Waals surface area contributed by atoms with Gasteiger partial charge in [-0.05, 0) is 60.5 Å². The number of fused-ring (bicyclic) bond motifs is 1. The third-order valence-corrected chi connectivity index (χ3v) is 7.57. The van der Waals surface area contributed by atoms with Crippen molar-refractivity contribution in [1.29, 1.82) is 0 Å². The summed E-state index contributed by atoms with van der Waals surface area (Å²) < 4.78 is 13.6. The summed E-state index contributed by atoms with van der Waals surface area (Å²) in [7, 11) is 0. The lowest BCUT2D eigenvalue weighted by Gasteiger charge is -2.13. The van der Waals surface area contributed by atoms with E-state index in [9.17, 15) is 4.79 Å². The van der Waals surface area contributed by atoms with Crippen molar-refractivity contribution < 1.29 is 14.3 Å². The maximum absolute atomic E-state index is 12.2. The summed E-state index contributed by atoms with van der Waals surface area (Å²) in [5.41, 5.74) is 5.13. The van der Waals surface area contributed by atoms with Gasteiger partial charge in [0.1, 0.15) is 6.61 Å². The second-order valence-corrected chi connectivity index (χ2v) is 10.3. The molecule has 0 aliphatic carbocycles. The van der Waals surface area contributed by atoms with E-state index in [4.69, 9.17) is 32.7 Å². The van der Waals surface area contributed by atoms with Gasteiger partial charge in [-0.2, -0.15) is 5.10 Å². The van der Waals surface area contributed by atoms with Crippen LogP contribution in [0.15, 0.2) is 70.1 Å². The topological polar surface area (TPSA) is 72.8 Å². The highest BCUT2D eigenvalue weighted by Crippen LogP contribution is 2.30. The summed E-state index contributed by atoms with van der Waals surface area (Å²) in [5, 5.41) is 5.03. The Bertz CT molecular complexity index is 1330. The molecule has 1 aromatic heterocycles. The Balaban J connectivity index is 1.31. The zero-order valence-electron chi connectivity index (χ0n) is 18.7. The first-order valence-electron chi connectivity index (χ1n) is 10.7. The molecule has 0 unspecified atom stereocenters. The highest BCUT2D eigenvalue weighted by molar-refractivity contribution is 8.01. The number of hydrogen-bond acceptors (Lipinski definition) is 7. The van der Waals surface area contributed by atoms with Crippen molar-refractivity contribution in [2.24, 2.45) is 5.10 Å². The van der Waals surface area contributed by atoms with E-state index in [0.717, 1.165) is 25.7 Å².